The summed E-state index contributed by atoms with van der Waals surface area (Å²) in [4.78, 5) is 30.9. The number of ketones is 1. The molecule has 0 N–H and O–H groups in total. The van der Waals surface area contributed by atoms with Gasteiger partial charge in [-0.3, -0.25) is 4.79 Å². The van der Waals surface area contributed by atoms with Crippen LogP contribution in [-0.4, -0.2) is 22.0 Å². The van der Waals surface area contributed by atoms with Crippen LogP contribution in [0.5, 0.6) is 0 Å². The highest BCUT2D eigenvalue weighted by Gasteiger charge is 2.23. The first-order valence-corrected chi connectivity index (χ1v) is 11.6. The minimum Gasteiger partial charge on any atom is -0.340 e. The van der Waals surface area contributed by atoms with Gasteiger partial charge in [-0.1, -0.05) is 65.8 Å². The molecular weight excluding hydrogens is 436 g/mol. The molecule has 35 heavy (non-hydrogen) atoms. The SMILES string of the molecule is Cc1ccccc1C(=O)c1ccc2c(c1)c1cccc3c1n2CC/C3=N\OC(=O)c1ccccc1. The van der Waals surface area contributed by atoms with Gasteiger partial charge in [0.1, 0.15) is 0 Å². The molecule has 6 rings (SSSR count). The number of benzene rings is 4. The molecule has 0 spiro atoms. The molecule has 1 aliphatic rings. The van der Waals surface area contributed by atoms with Gasteiger partial charge in [0.05, 0.1) is 16.8 Å². The zero-order valence-corrected chi connectivity index (χ0v) is 19.2. The Kier molecular flexibility index (Phi) is 5.03. The van der Waals surface area contributed by atoms with Gasteiger partial charge in [0, 0.05) is 45.9 Å². The van der Waals surface area contributed by atoms with E-state index in [1.807, 2.05) is 67.6 Å². The summed E-state index contributed by atoms with van der Waals surface area (Å²) in [5.74, 6) is -0.456. The van der Waals surface area contributed by atoms with E-state index in [9.17, 15) is 9.59 Å². The Balaban J connectivity index is 1.42. The molecule has 0 fully saturated rings. The Morgan fingerprint density at radius 1 is 0.829 bits per heavy atom. The monoisotopic (exact) mass is 458 g/mol. The normalized spacial score (nSPS) is 13.9. The minimum absolute atomic E-state index is 0.0204. The minimum atomic E-state index is -0.476. The fourth-order valence-corrected chi connectivity index (χ4v) is 4.92. The van der Waals surface area contributed by atoms with Gasteiger partial charge in [0.15, 0.2) is 5.78 Å². The summed E-state index contributed by atoms with van der Waals surface area (Å²) in [7, 11) is 0. The van der Waals surface area contributed by atoms with Crippen molar-refractivity contribution in [3.05, 3.63) is 119 Å². The zero-order chi connectivity index (χ0) is 23.9. The maximum Gasteiger partial charge on any atom is 0.365 e. The Morgan fingerprint density at radius 3 is 2.46 bits per heavy atom. The smallest absolute Gasteiger partial charge is 0.340 e. The summed E-state index contributed by atoms with van der Waals surface area (Å²) in [6, 6.07) is 28.5. The topological polar surface area (TPSA) is 60.7 Å². The van der Waals surface area contributed by atoms with Crippen LogP contribution in [0.25, 0.3) is 21.8 Å². The Morgan fingerprint density at radius 2 is 1.63 bits per heavy atom. The largest absolute Gasteiger partial charge is 0.365 e. The Labute approximate surface area is 202 Å². The summed E-state index contributed by atoms with van der Waals surface area (Å²) >= 11 is 0. The van der Waals surface area contributed by atoms with Gasteiger partial charge in [-0.05, 0) is 42.8 Å². The second-order valence-electron chi connectivity index (χ2n) is 8.76. The fraction of sp³-hybridized carbons (Fsp3) is 0.100. The van der Waals surface area contributed by atoms with Crippen LogP contribution in [0.3, 0.4) is 0 Å². The molecule has 0 amide bonds. The molecule has 0 atom stereocenters. The van der Waals surface area contributed by atoms with Gasteiger partial charge >= 0.3 is 5.97 Å². The Bertz CT molecular complexity index is 1660. The van der Waals surface area contributed by atoms with Crippen LogP contribution in [0.4, 0.5) is 0 Å². The van der Waals surface area contributed by atoms with Crippen molar-refractivity contribution in [3.63, 3.8) is 0 Å². The van der Waals surface area contributed by atoms with Crippen LogP contribution >= 0.6 is 0 Å². The highest BCUT2D eigenvalue weighted by atomic mass is 16.7. The highest BCUT2D eigenvalue weighted by molar-refractivity contribution is 6.20. The van der Waals surface area contributed by atoms with Crippen LogP contribution in [0.15, 0.2) is 96.2 Å². The molecule has 0 saturated carbocycles. The molecule has 0 unspecified atom stereocenters. The molecule has 1 aliphatic heterocycles. The first kappa shape index (κ1) is 21.1. The molecule has 5 aromatic rings. The zero-order valence-electron chi connectivity index (χ0n) is 19.2. The third-order valence-corrected chi connectivity index (χ3v) is 6.67. The maximum absolute atomic E-state index is 13.2. The van der Waals surface area contributed by atoms with Crippen molar-refractivity contribution < 1.29 is 14.4 Å². The van der Waals surface area contributed by atoms with Gasteiger partial charge in [-0.25, -0.2) is 4.79 Å². The van der Waals surface area contributed by atoms with E-state index in [1.54, 1.807) is 24.3 Å². The van der Waals surface area contributed by atoms with Crippen molar-refractivity contribution in [2.75, 3.05) is 0 Å². The first-order chi connectivity index (χ1) is 17.1. The summed E-state index contributed by atoms with van der Waals surface area (Å²) in [6.07, 6.45) is 0.641. The first-order valence-electron chi connectivity index (χ1n) is 11.6. The number of fused-ring (bicyclic) bond motifs is 3. The molecule has 0 radical (unpaired) electrons. The van der Waals surface area contributed by atoms with Crippen molar-refractivity contribution in [2.45, 2.75) is 19.9 Å². The lowest BCUT2D eigenvalue weighted by molar-refractivity contribution is 0.0515. The van der Waals surface area contributed by atoms with Gasteiger partial charge in [-0.15, -0.1) is 0 Å². The number of para-hydroxylation sites is 1. The quantitative estimate of drug-likeness (QED) is 0.180. The molecule has 0 aliphatic carbocycles. The molecule has 0 bridgehead atoms. The molecule has 0 saturated heterocycles. The molecule has 170 valence electrons. The van der Waals surface area contributed by atoms with Crippen molar-refractivity contribution >= 4 is 39.3 Å². The Hall–Kier alpha value is -4.51. The fourth-order valence-electron chi connectivity index (χ4n) is 4.92. The number of rotatable bonds is 4. The number of hydrogen-bond donors (Lipinski definition) is 0. The summed E-state index contributed by atoms with van der Waals surface area (Å²) in [5.41, 5.74) is 6.62. The molecule has 5 nitrogen and oxygen atoms in total. The van der Waals surface area contributed by atoms with E-state index >= 15 is 0 Å². The van der Waals surface area contributed by atoms with E-state index in [4.69, 9.17) is 4.84 Å². The van der Waals surface area contributed by atoms with E-state index in [0.717, 1.165) is 44.2 Å². The van der Waals surface area contributed by atoms with E-state index in [1.165, 1.54) is 0 Å². The highest BCUT2D eigenvalue weighted by Crippen LogP contribution is 2.35. The van der Waals surface area contributed by atoms with Crippen LogP contribution in [-0.2, 0) is 11.4 Å². The summed E-state index contributed by atoms with van der Waals surface area (Å²) in [6.45, 7) is 2.67. The number of oxime groups is 1. The van der Waals surface area contributed by atoms with Gasteiger partial charge in [-0.2, -0.15) is 0 Å². The lowest BCUT2D eigenvalue weighted by atomic mass is 9.97. The van der Waals surface area contributed by atoms with Crippen molar-refractivity contribution in [1.29, 1.82) is 0 Å². The van der Waals surface area contributed by atoms with Crippen LogP contribution in [0, 0.1) is 6.92 Å². The number of nitrogens with zero attached hydrogens (tertiary/aromatic N) is 2. The molecule has 1 aromatic heterocycles. The van der Waals surface area contributed by atoms with Gasteiger partial charge in [0.2, 0.25) is 0 Å². The summed E-state index contributed by atoms with van der Waals surface area (Å²) < 4.78 is 2.26. The lowest BCUT2D eigenvalue weighted by Gasteiger charge is -2.18. The number of aromatic nitrogens is 1. The predicted octanol–water partition coefficient (Wildman–Crippen LogP) is 6.30. The predicted molar refractivity (Wildman–Crippen MR) is 137 cm³/mol. The molecule has 5 heteroatoms. The number of aryl methyl sites for hydroxylation is 2. The third kappa shape index (κ3) is 3.53. The van der Waals surface area contributed by atoms with Crippen molar-refractivity contribution in [1.82, 2.24) is 4.57 Å². The summed E-state index contributed by atoms with van der Waals surface area (Å²) in [5, 5.41) is 6.33. The van der Waals surface area contributed by atoms with Crippen molar-refractivity contribution in [3.8, 4) is 0 Å². The standard InChI is InChI=1S/C30H22N2O3/c1-19-8-5-6-11-22(19)29(33)21-14-15-27-25(18-21)23-12-7-13-24-26(16-17-32(27)28(23)24)31-35-30(34)20-9-3-2-4-10-20/h2-15,18H,16-17H2,1H3/b31-26+. The average molecular weight is 459 g/mol. The maximum atomic E-state index is 13.2. The van der Waals surface area contributed by atoms with Crippen molar-refractivity contribution in [2.24, 2.45) is 5.16 Å². The second-order valence-corrected chi connectivity index (χ2v) is 8.76. The number of carbonyl (C=O) groups is 2. The average Bonchev–Trinajstić information content (AvgIpc) is 3.23. The third-order valence-electron chi connectivity index (χ3n) is 6.67. The van der Waals surface area contributed by atoms with Gasteiger partial charge in [0.25, 0.3) is 0 Å². The van der Waals surface area contributed by atoms with E-state index < -0.39 is 5.97 Å². The molecular formula is C30H22N2O3. The molecule has 2 heterocycles. The molecule has 4 aromatic carbocycles. The van der Waals surface area contributed by atoms with Crippen LogP contribution in [0.1, 0.15) is 43.8 Å². The van der Waals surface area contributed by atoms with E-state index in [-0.39, 0.29) is 5.78 Å². The lowest BCUT2D eigenvalue weighted by Crippen LogP contribution is -2.16. The van der Waals surface area contributed by atoms with Gasteiger partial charge < -0.3 is 9.40 Å². The second kappa shape index (κ2) is 8.37. The number of carbonyl (C=O) groups excluding carboxylic acids is 2. The van der Waals surface area contributed by atoms with E-state index in [0.29, 0.717) is 24.1 Å². The van der Waals surface area contributed by atoms with Crippen LogP contribution in [0.2, 0.25) is 0 Å². The number of hydrogen-bond acceptors (Lipinski definition) is 4. The van der Waals surface area contributed by atoms with Crippen LogP contribution < -0.4 is 0 Å². The van der Waals surface area contributed by atoms with E-state index in [2.05, 4.69) is 15.8 Å².